The van der Waals surface area contributed by atoms with E-state index in [2.05, 4.69) is 0 Å². The summed E-state index contributed by atoms with van der Waals surface area (Å²) in [5.41, 5.74) is 2.98. The van der Waals surface area contributed by atoms with Gasteiger partial charge in [0.25, 0.3) is 5.91 Å². The summed E-state index contributed by atoms with van der Waals surface area (Å²) in [5.74, 6) is -0.586. The number of urea groups is 1. The number of hydrogen-bond donors (Lipinski definition) is 0. The van der Waals surface area contributed by atoms with E-state index in [1.165, 1.54) is 4.90 Å². The van der Waals surface area contributed by atoms with Gasteiger partial charge in [0.15, 0.2) is 5.78 Å². The Bertz CT molecular complexity index is 854. The third-order valence-electron chi connectivity index (χ3n) is 4.86. The molecule has 6 nitrogen and oxygen atoms in total. The fourth-order valence-electron chi connectivity index (χ4n) is 3.16. The van der Waals surface area contributed by atoms with E-state index in [1.807, 2.05) is 43.7 Å². The molecule has 1 aromatic heterocycles. The molecule has 6 heteroatoms. The first-order valence-electron chi connectivity index (χ1n) is 8.18. The van der Waals surface area contributed by atoms with Crippen LogP contribution in [-0.4, -0.2) is 39.8 Å². The average Bonchev–Trinajstić information content (AvgIpc) is 2.98. The largest absolute Gasteiger partial charge is 0.351 e. The minimum Gasteiger partial charge on any atom is -0.351 e. The van der Waals surface area contributed by atoms with Crippen LogP contribution in [0.25, 0.3) is 0 Å². The van der Waals surface area contributed by atoms with Crippen LogP contribution in [0.1, 0.15) is 28.7 Å². The summed E-state index contributed by atoms with van der Waals surface area (Å²) >= 11 is 0. The number of carbonyl (C=O) groups excluding carboxylic acids is 3. The molecule has 1 aliphatic heterocycles. The molecule has 0 bridgehead atoms. The van der Waals surface area contributed by atoms with Gasteiger partial charge in [0.2, 0.25) is 0 Å². The number of para-hydroxylation sites is 1. The standard InChI is InChI=1S/C19H21N3O3/c1-12-10-16(13(2)20(12)4)17(23)11-21-18(24)14(3)22(19(21)25)15-8-6-5-7-9-15/h5-10,14H,11H2,1-4H3/t14-/m1/s1. The van der Waals surface area contributed by atoms with E-state index in [4.69, 9.17) is 0 Å². The second kappa shape index (κ2) is 6.20. The van der Waals surface area contributed by atoms with E-state index >= 15 is 0 Å². The van der Waals surface area contributed by atoms with Crippen molar-refractivity contribution >= 4 is 23.4 Å². The van der Waals surface area contributed by atoms with Crippen molar-refractivity contribution in [1.82, 2.24) is 9.47 Å². The number of imide groups is 1. The molecule has 2 heterocycles. The maximum absolute atomic E-state index is 12.7. The molecule has 0 unspecified atom stereocenters. The molecule has 0 N–H and O–H groups in total. The Morgan fingerprint density at radius 2 is 1.76 bits per heavy atom. The number of aryl methyl sites for hydroxylation is 1. The van der Waals surface area contributed by atoms with Crippen LogP contribution in [-0.2, 0) is 11.8 Å². The van der Waals surface area contributed by atoms with Crippen LogP contribution in [0, 0.1) is 13.8 Å². The number of anilines is 1. The van der Waals surface area contributed by atoms with E-state index in [0.717, 1.165) is 16.3 Å². The van der Waals surface area contributed by atoms with E-state index in [1.54, 1.807) is 25.1 Å². The molecule has 0 radical (unpaired) electrons. The summed E-state index contributed by atoms with van der Waals surface area (Å²) in [5, 5.41) is 0. The smallest absolute Gasteiger partial charge is 0.332 e. The van der Waals surface area contributed by atoms with Crippen LogP contribution in [0.4, 0.5) is 10.5 Å². The van der Waals surface area contributed by atoms with Gasteiger partial charge in [-0.1, -0.05) is 18.2 Å². The lowest BCUT2D eigenvalue weighted by molar-refractivity contribution is -0.126. The first-order valence-corrected chi connectivity index (χ1v) is 8.18. The molecule has 1 atom stereocenters. The second-order valence-electron chi connectivity index (χ2n) is 6.36. The molecule has 0 spiro atoms. The molecule has 0 saturated carbocycles. The van der Waals surface area contributed by atoms with Crippen molar-refractivity contribution in [3.05, 3.63) is 53.3 Å². The summed E-state index contributed by atoms with van der Waals surface area (Å²) in [6, 6.07) is 9.73. The van der Waals surface area contributed by atoms with Crippen molar-refractivity contribution in [1.29, 1.82) is 0 Å². The molecule has 1 aromatic carbocycles. The number of Topliss-reactive ketones (excluding diaryl/α,β-unsaturated/α-hetero) is 1. The zero-order valence-corrected chi connectivity index (χ0v) is 14.8. The van der Waals surface area contributed by atoms with Gasteiger partial charge in [-0.3, -0.25) is 19.4 Å². The molecule has 0 aliphatic carbocycles. The highest BCUT2D eigenvalue weighted by Gasteiger charge is 2.44. The van der Waals surface area contributed by atoms with Crippen molar-refractivity contribution in [2.45, 2.75) is 26.8 Å². The van der Waals surface area contributed by atoms with Crippen molar-refractivity contribution in [2.75, 3.05) is 11.4 Å². The minimum absolute atomic E-state index is 0.231. The molecule has 130 valence electrons. The second-order valence-corrected chi connectivity index (χ2v) is 6.36. The average molecular weight is 339 g/mol. The van der Waals surface area contributed by atoms with Crippen molar-refractivity contribution in [3.8, 4) is 0 Å². The monoisotopic (exact) mass is 339 g/mol. The zero-order chi connectivity index (χ0) is 18.3. The predicted molar refractivity (Wildman–Crippen MR) is 94.7 cm³/mol. The molecule has 3 amide bonds. The van der Waals surface area contributed by atoms with Crippen molar-refractivity contribution in [3.63, 3.8) is 0 Å². The van der Waals surface area contributed by atoms with Crippen LogP contribution in [0.2, 0.25) is 0 Å². The van der Waals surface area contributed by atoms with E-state index in [0.29, 0.717) is 11.3 Å². The summed E-state index contributed by atoms with van der Waals surface area (Å²) in [7, 11) is 1.88. The lowest BCUT2D eigenvalue weighted by Gasteiger charge is -2.19. The Balaban J connectivity index is 1.85. The first kappa shape index (κ1) is 17.0. The Labute approximate surface area is 146 Å². The molecule has 1 aliphatic rings. The maximum atomic E-state index is 12.7. The summed E-state index contributed by atoms with van der Waals surface area (Å²) in [6.07, 6.45) is 0. The topological polar surface area (TPSA) is 62.6 Å². The molecule has 3 rings (SSSR count). The number of amides is 3. The van der Waals surface area contributed by atoms with Gasteiger partial charge >= 0.3 is 6.03 Å². The Kier molecular flexibility index (Phi) is 4.20. The predicted octanol–water partition coefficient (Wildman–Crippen LogP) is 2.68. The minimum atomic E-state index is -0.624. The molecule has 2 aromatic rings. The Hall–Kier alpha value is -2.89. The highest BCUT2D eigenvalue weighted by Crippen LogP contribution is 2.26. The third kappa shape index (κ3) is 2.73. The number of hydrogen-bond acceptors (Lipinski definition) is 3. The Morgan fingerprint density at radius 1 is 1.12 bits per heavy atom. The van der Waals surface area contributed by atoms with Gasteiger partial charge in [-0.05, 0) is 39.0 Å². The van der Waals surface area contributed by atoms with Gasteiger partial charge in [-0.25, -0.2) is 4.79 Å². The lowest BCUT2D eigenvalue weighted by Crippen LogP contribution is -2.37. The molecular formula is C19H21N3O3. The number of nitrogens with zero attached hydrogens (tertiary/aromatic N) is 3. The van der Waals surface area contributed by atoms with Gasteiger partial charge in [0.05, 0.1) is 6.54 Å². The fraction of sp³-hybridized carbons (Fsp3) is 0.316. The van der Waals surface area contributed by atoms with Crippen LogP contribution in [0.5, 0.6) is 0 Å². The van der Waals surface area contributed by atoms with Crippen LogP contribution >= 0.6 is 0 Å². The highest BCUT2D eigenvalue weighted by atomic mass is 16.2. The third-order valence-corrected chi connectivity index (χ3v) is 4.86. The van der Waals surface area contributed by atoms with Gasteiger partial charge < -0.3 is 4.57 Å². The molecule has 1 saturated heterocycles. The lowest BCUT2D eigenvalue weighted by atomic mass is 10.1. The zero-order valence-electron chi connectivity index (χ0n) is 14.8. The van der Waals surface area contributed by atoms with Gasteiger partial charge in [0.1, 0.15) is 6.04 Å². The SMILES string of the molecule is Cc1cc(C(=O)CN2C(=O)[C@@H](C)N(c3ccccc3)C2=O)c(C)n1C. The number of carbonyl (C=O) groups is 3. The summed E-state index contributed by atoms with van der Waals surface area (Å²) in [4.78, 5) is 40.4. The number of benzene rings is 1. The van der Waals surface area contributed by atoms with Crippen LogP contribution in [0.3, 0.4) is 0 Å². The first-order chi connectivity index (χ1) is 11.8. The van der Waals surface area contributed by atoms with Crippen molar-refractivity contribution < 1.29 is 14.4 Å². The normalized spacial score (nSPS) is 17.5. The number of aromatic nitrogens is 1. The molecule has 25 heavy (non-hydrogen) atoms. The molecular weight excluding hydrogens is 318 g/mol. The van der Waals surface area contributed by atoms with Crippen LogP contribution in [0.15, 0.2) is 36.4 Å². The highest BCUT2D eigenvalue weighted by molar-refractivity contribution is 6.16. The van der Waals surface area contributed by atoms with Crippen LogP contribution < -0.4 is 4.90 Å². The van der Waals surface area contributed by atoms with Gasteiger partial charge in [-0.2, -0.15) is 0 Å². The maximum Gasteiger partial charge on any atom is 0.332 e. The van der Waals surface area contributed by atoms with Crippen molar-refractivity contribution in [2.24, 2.45) is 7.05 Å². The number of ketones is 1. The van der Waals surface area contributed by atoms with E-state index in [-0.39, 0.29) is 18.2 Å². The Morgan fingerprint density at radius 3 is 2.32 bits per heavy atom. The summed E-state index contributed by atoms with van der Waals surface area (Å²) in [6.45, 7) is 5.20. The fourth-order valence-corrected chi connectivity index (χ4v) is 3.16. The van der Waals surface area contributed by atoms with Gasteiger partial charge in [-0.15, -0.1) is 0 Å². The van der Waals surface area contributed by atoms with E-state index < -0.39 is 12.1 Å². The van der Waals surface area contributed by atoms with E-state index in [9.17, 15) is 14.4 Å². The molecule has 1 fully saturated rings. The van der Waals surface area contributed by atoms with Gasteiger partial charge in [0, 0.05) is 29.7 Å². The summed E-state index contributed by atoms with van der Waals surface area (Å²) < 4.78 is 1.92. The quantitative estimate of drug-likeness (QED) is 0.635. The number of rotatable bonds is 4.